The molecule has 2 atom stereocenters. The van der Waals surface area contributed by atoms with Gasteiger partial charge in [-0.25, -0.2) is 0 Å². The zero-order valence-corrected chi connectivity index (χ0v) is 13.2. The van der Waals surface area contributed by atoms with E-state index in [-0.39, 0.29) is 0 Å². The van der Waals surface area contributed by atoms with Gasteiger partial charge in [0.25, 0.3) is 0 Å². The Morgan fingerprint density at radius 3 is 3.00 bits per heavy atom. The second kappa shape index (κ2) is 6.57. The van der Waals surface area contributed by atoms with Crippen LogP contribution in [0.15, 0.2) is 36.5 Å². The standard InChI is InChI=1S/C19H26N2/c1-14(2)12-20-13-17-5-3-7-18(17)15-8-9-19-16(11-15)6-4-10-21-19/h4,6,8-11,14,17-18,20H,3,5,7,12-13H2,1-2H3. The van der Waals surface area contributed by atoms with E-state index in [0.717, 1.165) is 30.4 Å². The van der Waals surface area contributed by atoms with Gasteiger partial charge in [-0.05, 0) is 67.4 Å². The van der Waals surface area contributed by atoms with Crippen molar-refractivity contribution in [2.75, 3.05) is 13.1 Å². The van der Waals surface area contributed by atoms with E-state index in [4.69, 9.17) is 0 Å². The molecule has 0 bridgehead atoms. The highest BCUT2D eigenvalue weighted by molar-refractivity contribution is 5.79. The molecule has 1 fully saturated rings. The third kappa shape index (κ3) is 3.44. The summed E-state index contributed by atoms with van der Waals surface area (Å²) in [5.41, 5.74) is 2.61. The third-order valence-electron chi connectivity index (χ3n) is 4.67. The third-order valence-corrected chi connectivity index (χ3v) is 4.67. The van der Waals surface area contributed by atoms with Crippen LogP contribution in [0.5, 0.6) is 0 Å². The van der Waals surface area contributed by atoms with Crippen molar-refractivity contribution in [2.24, 2.45) is 11.8 Å². The first kappa shape index (κ1) is 14.5. The zero-order chi connectivity index (χ0) is 14.7. The lowest BCUT2D eigenvalue weighted by Gasteiger charge is -2.21. The average molecular weight is 282 g/mol. The molecule has 2 heteroatoms. The highest BCUT2D eigenvalue weighted by Gasteiger charge is 2.28. The Balaban J connectivity index is 1.73. The van der Waals surface area contributed by atoms with E-state index in [2.05, 4.69) is 48.4 Å². The van der Waals surface area contributed by atoms with Gasteiger partial charge in [-0.15, -0.1) is 0 Å². The van der Waals surface area contributed by atoms with Crippen LogP contribution in [-0.2, 0) is 0 Å². The highest BCUT2D eigenvalue weighted by atomic mass is 14.9. The fourth-order valence-corrected chi connectivity index (χ4v) is 3.60. The van der Waals surface area contributed by atoms with E-state index in [1.54, 1.807) is 0 Å². The van der Waals surface area contributed by atoms with Crippen LogP contribution in [0.1, 0.15) is 44.6 Å². The van der Waals surface area contributed by atoms with Gasteiger partial charge in [0.1, 0.15) is 0 Å². The number of hydrogen-bond donors (Lipinski definition) is 1. The van der Waals surface area contributed by atoms with E-state index in [1.165, 1.54) is 30.2 Å². The van der Waals surface area contributed by atoms with Crippen molar-refractivity contribution in [1.82, 2.24) is 10.3 Å². The summed E-state index contributed by atoms with van der Waals surface area (Å²) in [6.07, 6.45) is 5.93. The molecule has 1 N–H and O–H groups in total. The number of aromatic nitrogens is 1. The normalized spacial score (nSPS) is 22.2. The minimum atomic E-state index is 0.717. The van der Waals surface area contributed by atoms with Gasteiger partial charge in [0.05, 0.1) is 5.52 Å². The molecule has 1 saturated carbocycles. The first-order valence-electron chi connectivity index (χ1n) is 8.29. The highest BCUT2D eigenvalue weighted by Crippen LogP contribution is 2.39. The van der Waals surface area contributed by atoms with E-state index >= 15 is 0 Å². The summed E-state index contributed by atoms with van der Waals surface area (Å²) in [5, 5.41) is 4.93. The van der Waals surface area contributed by atoms with Gasteiger partial charge < -0.3 is 5.32 Å². The molecule has 2 nitrogen and oxygen atoms in total. The largest absolute Gasteiger partial charge is 0.316 e. The van der Waals surface area contributed by atoms with Crippen LogP contribution >= 0.6 is 0 Å². The molecule has 0 spiro atoms. The van der Waals surface area contributed by atoms with E-state index in [1.807, 2.05) is 12.3 Å². The number of fused-ring (bicyclic) bond motifs is 1. The van der Waals surface area contributed by atoms with Gasteiger partial charge >= 0.3 is 0 Å². The van der Waals surface area contributed by atoms with Crippen molar-refractivity contribution in [3.63, 3.8) is 0 Å². The smallest absolute Gasteiger partial charge is 0.0702 e. The van der Waals surface area contributed by atoms with Gasteiger partial charge in [-0.1, -0.05) is 32.4 Å². The topological polar surface area (TPSA) is 24.9 Å². The molecule has 112 valence electrons. The number of nitrogens with one attached hydrogen (secondary N) is 1. The van der Waals surface area contributed by atoms with Gasteiger partial charge in [0.2, 0.25) is 0 Å². The van der Waals surface area contributed by atoms with Crippen molar-refractivity contribution in [3.05, 3.63) is 42.1 Å². The Bertz CT molecular complexity index is 591. The van der Waals surface area contributed by atoms with E-state index in [0.29, 0.717) is 5.92 Å². The fraction of sp³-hybridized carbons (Fsp3) is 0.526. The molecule has 2 aromatic rings. The Morgan fingerprint density at radius 2 is 2.14 bits per heavy atom. The van der Waals surface area contributed by atoms with Crippen molar-refractivity contribution in [2.45, 2.75) is 39.0 Å². The Hall–Kier alpha value is -1.41. The fourth-order valence-electron chi connectivity index (χ4n) is 3.60. The Morgan fingerprint density at radius 1 is 1.24 bits per heavy atom. The maximum absolute atomic E-state index is 4.42. The summed E-state index contributed by atoms with van der Waals surface area (Å²) in [4.78, 5) is 4.42. The summed E-state index contributed by atoms with van der Waals surface area (Å²) in [6, 6.07) is 11.0. The number of hydrogen-bond acceptors (Lipinski definition) is 2. The molecule has 1 aliphatic carbocycles. The second-order valence-corrected chi connectivity index (χ2v) is 6.81. The van der Waals surface area contributed by atoms with Crippen LogP contribution in [-0.4, -0.2) is 18.1 Å². The second-order valence-electron chi connectivity index (χ2n) is 6.81. The molecule has 1 aromatic heterocycles. The molecule has 21 heavy (non-hydrogen) atoms. The van der Waals surface area contributed by atoms with Gasteiger partial charge in [0, 0.05) is 11.6 Å². The van der Waals surface area contributed by atoms with Crippen LogP contribution in [0.2, 0.25) is 0 Å². The van der Waals surface area contributed by atoms with E-state index < -0.39 is 0 Å². The monoisotopic (exact) mass is 282 g/mol. The Kier molecular flexibility index (Phi) is 4.54. The molecule has 1 heterocycles. The minimum absolute atomic E-state index is 0.717. The summed E-state index contributed by atoms with van der Waals surface area (Å²) in [7, 11) is 0. The predicted octanol–water partition coefficient (Wildman–Crippen LogP) is 4.36. The van der Waals surface area contributed by atoms with Crippen LogP contribution in [0.3, 0.4) is 0 Å². The lowest BCUT2D eigenvalue weighted by Crippen LogP contribution is -2.27. The van der Waals surface area contributed by atoms with Crippen LogP contribution < -0.4 is 5.32 Å². The maximum atomic E-state index is 4.42. The van der Waals surface area contributed by atoms with Crippen LogP contribution in [0.4, 0.5) is 0 Å². The van der Waals surface area contributed by atoms with Crippen molar-refractivity contribution in [1.29, 1.82) is 0 Å². The zero-order valence-electron chi connectivity index (χ0n) is 13.2. The maximum Gasteiger partial charge on any atom is 0.0702 e. The first-order chi connectivity index (χ1) is 10.2. The molecule has 1 aliphatic rings. The molecule has 0 amide bonds. The number of pyridine rings is 1. The molecule has 3 rings (SSSR count). The first-order valence-corrected chi connectivity index (χ1v) is 8.29. The molecule has 0 radical (unpaired) electrons. The quantitative estimate of drug-likeness (QED) is 0.881. The molecular weight excluding hydrogens is 256 g/mol. The van der Waals surface area contributed by atoms with Gasteiger partial charge in [-0.3, -0.25) is 4.98 Å². The van der Waals surface area contributed by atoms with Crippen molar-refractivity contribution in [3.8, 4) is 0 Å². The molecule has 0 aliphatic heterocycles. The van der Waals surface area contributed by atoms with Crippen molar-refractivity contribution >= 4 is 10.9 Å². The Labute approximate surface area is 128 Å². The summed E-state index contributed by atoms with van der Waals surface area (Å²) < 4.78 is 0. The van der Waals surface area contributed by atoms with Gasteiger partial charge in [0.15, 0.2) is 0 Å². The number of benzene rings is 1. The van der Waals surface area contributed by atoms with Crippen molar-refractivity contribution < 1.29 is 0 Å². The predicted molar refractivity (Wildman–Crippen MR) is 89.5 cm³/mol. The lowest BCUT2D eigenvalue weighted by atomic mass is 9.88. The lowest BCUT2D eigenvalue weighted by molar-refractivity contribution is 0.425. The summed E-state index contributed by atoms with van der Waals surface area (Å²) in [6.45, 7) is 6.84. The minimum Gasteiger partial charge on any atom is -0.316 e. The van der Waals surface area contributed by atoms with Crippen LogP contribution in [0, 0.1) is 11.8 Å². The van der Waals surface area contributed by atoms with Crippen LogP contribution in [0.25, 0.3) is 10.9 Å². The number of nitrogens with zero attached hydrogens (tertiary/aromatic N) is 1. The summed E-state index contributed by atoms with van der Waals surface area (Å²) in [5.74, 6) is 2.24. The molecule has 1 aromatic carbocycles. The number of rotatable bonds is 5. The summed E-state index contributed by atoms with van der Waals surface area (Å²) >= 11 is 0. The molecule has 0 saturated heterocycles. The average Bonchev–Trinajstić information content (AvgIpc) is 2.95. The molecule has 2 unspecified atom stereocenters. The molecular formula is C19H26N2. The van der Waals surface area contributed by atoms with E-state index in [9.17, 15) is 0 Å². The van der Waals surface area contributed by atoms with Gasteiger partial charge in [-0.2, -0.15) is 0 Å². The SMILES string of the molecule is CC(C)CNCC1CCCC1c1ccc2ncccc2c1.